The van der Waals surface area contributed by atoms with E-state index in [-0.39, 0.29) is 37.5 Å². The van der Waals surface area contributed by atoms with E-state index in [9.17, 15) is 14.4 Å². The van der Waals surface area contributed by atoms with Crippen LogP contribution in [0.25, 0.3) is 0 Å². The summed E-state index contributed by atoms with van der Waals surface area (Å²) < 4.78 is 16.7. The average molecular weight is 939 g/mol. The minimum absolute atomic E-state index is 0.120. The first-order valence-corrected chi connectivity index (χ1v) is 27.2. The highest BCUT2D eigenvalue weighted by atomic mass is 16.6. The van der Waals surface area contributed by atoms with Crippen LogP contribution in [-0.4, -0.2) is 37.2 Å². The Bertz CT molecular complexity index is 1500. The van der Waals surface area contributed by atoms with Crippen molar-refractivity contribution in [3.63, 3.8) is 0 Å². The van der Waals surface area contributed by atoms with Crippen LogP contribution in [0, 0.1) is 0 Å². The summed E-state index contributed by atoms with van der Waals surface area (Å²) in [5.74, 6) is -1.03. The molecular formula is C62H98O6. The van der Waals surface area contributed by atoms with Crippen LogP contribution < -0.4 is 0 Å². The first-order chi connectivity index (χ1) is 33.5. The van der Waals surface area contributed by atoms with E-state index in [1.165, 1.54) is 44.9 Å². The lowest BCUT2D eigenvalue weighted by Crippen LogP contribution is -2.30. The highest BCUT2D eigenvalue weighted by Gasteiger charge is 2.19. The molecule has 0 aliphatic heterocycles. The third kappa shape index (κ3) is 52.5. The second kappa shape index (κ2) is 55.1. The molecule has 0 spiro atoms. The van der Waals surface area contributed by atoms with Gasteiger partial charge >= 0.3 is 17.9 Å². The highest BCUT2D eigenvalue weighted by Crippen LogP contribution is 2.12. The van der Waals surface area contributed by atoms with Crippen molar-refractivity contribution in [1.82, 2.24) is 0 Å². The zero-order valence-electron chi connectivity index (χ0n) is 43.6. The summed E-state index contributed by atoms with van der Waals surface area (Å²) in [5, 5.41) is 0. The third-order valence-corrected chi connectivity index (χ3v) is 10.9. The number of ether oxygens (including phenoxy) is 3. The standard InChI is InChI=1S/C62H98O6/c1-4-7-10-13-16-19-22-25-28-30-31-33-34-37-40-43-46-49-52-55-61(64)67-58-59(57-66-60(63)54-51-48-45-42-39-36-27-24-21-18-15-12-9-6-3)68-62(65)56-53-50-47-44-41-38-35-32-29-26-23-20-17-14-11-8-5-2/h7-8,10-11,16-17,19-20,24-29,31,33,35,37-38,40,44,47,59H,4-6,9,12-15,18,21-23,30,32,34,36,39,41-43,45-46,48-58H2,1-3H3/b10-7-,11-8-,19-16-,20-17-,27-24-,28-25-,29-26-,33-31-,38-35-,40-37-,47-44-/t59-/m1/s1. The molecule has 0 saturated heterocycles. The SMILES string of the molecule is CC/C=C\C/C=C\C/C=C\C/C=C\C/C=C\CCCCCC(=O)OC[C@@H](COC(=O)CCCCCCC/C=C\CCCCCCC)OC(=O)CCC/C=C\C/C=C\C/C=C\C/C=C\C/C=C\CC. The molecule has 0 aliphatic carbocycles. The van der Waals surface area contributed by atoms with Gasteiger partial charge in [-0.3, -0.25) is 14.4 Å². The lowest BCUT2D eigenvalue weighted by atomic mass is 10.1. The Kier molecular flexibility index (Phi) is 51.5. The number of rotatable bonds is 47. The monoisotopic (exact) mass is 939 g/mol. The molecule has 1 atom stereocenters. The van der Waals surface area contributed by atoms with Crippen molar-refractivity contribution in [1.29, 1.82) is 0 Å². The van der Waals surface area contributed by atoms with Gasteiger partial charge in [-0.05, 0) is 128 Å². The molecule has 68 heavy (non-hydrogen) atoms. The zero-order valence-corrected chi connectivity index (χ0v) is 43.6. The summed E-state index contributed by atoms with van der Waals surface area (Å²) in [4.78, 5) is 38.1. The Morgan fingerprint density at radius 1 is 0.309 bits per heavy atom. The Hall–Kier alpha value is -4.45. The molecule has 0 N–H and O–H groups in total. The molecule has 0 heterocycles. The Morgan fingerprint density at radius 2 is 0.588 bits per heavy atom. The maximum atomic E-state index is 12.8. The smallest absolute Gasteiger partial charge is 0.306 e. The van der Waals surface area contributed by atoms with Gasteiger partial charge < -0.3 is 14.2 Å². The zero-order chi connectivity index (χ0) is 49.3. The molecule has 0 saturated carbocycles. The van der Waals surface area contributed by atoms with Gasteiger partial charge in [-0.25, -0.2) is 0 Å². The van der Waals surface area contributed by atoms with Gasteiger partial charge in [0.15, 0.2) is 6.10 Å². The van der Waals surface area contributed by atoms with E-state index >= 15 is 0 Å². The molecule has 0 aliphatic rings. The van der Waals surface area contributed by atoms with Crippen molar-refractivity contribution in [2.75, 3.05) is 13.2 Å². The molecule has 0 unspecified atom stereocenters. The van der Waals surface area contributed by atoms with Crippen LogP contribution in [0.2, 0.25) is 0 Å². The molecule has 6 nitrogen and oxygen atoms in total. The van der Waals surface area contributed by atoms with Crippen molar-refractivity contribution in [3.8, 4) is 0 Å². The first-order valence-electron chi connectivity index (χ1n) is 27.2. The Balaban J connectivity index is 4.58. The van der Waals surface area contributed by atoms with Crippen LogP contribution in [0.5, 0.6) is 0 Å². The predicted molar refractivity (Wildman–Crippen MR) is 292 cm³/mol. The van der Waals surface area contributed by atoms with Gasteiger partial charge in [-0.15, -0.1) is 0 Å². The van der Waals surface area contributed by atoms with Gasteiger partial charge in [-0.2, -0.15) is 0 Å². The molecule has 0 aromatic heterocycles. The number of unbranched alkanes of at least 4 members (excludes halogenated alkanes) is 14. The topological polar surface area (TPSA) is 78.9 Å². The summed E-state index contributed by atoms with van der Waals surface area (Å²) in [7, 11) is 0. The van der Waals surface area contributed by atoms with Crippen LogP contribution in [0.1, 0.15) is 220 Å². The lowest BCUT2D eigenvalue weighted by molar-refractivity contribution is -0.167. The quantitative estimate of drug-likeness (QED) is 0.0262. The van der Waals surface area contributed by atoms with Crippen molar-refractivity contribution < 1.29 is 28.6 Å². The third-order valence-electron chi connectivity index (χ3n) is 10.9. The number of allylic oxidation sites excluding steroid dienone is 22. The lowest BCUT2D eigenvalue weighted by Gasteiger charge is -2.18. The fraction of sp³-hybridized carbons (Fsp3) is 0.597. The fourth-order valence-electron chi connectivity index (χ4n) is 6.85. The van der Waals surface area contributed by atoms with E-state index < -0.39 is 6.10 Å². The number of hydrogen-bond donors (Lipinski definition) is 0. The van der Waals surface area contributed by atoms with E-state index in [1.807, 2.05) is 0 Å². The highest BCUT2D eigenvalue weighted by molar-refractivity contribution is 5.71. The van der Waals surface area contributed by atoms with E-state index in [0.29, 0.717) is 19.3 Å². The van der Waals surface area contributed by atoms with E-state index in [2.05, 4.69) is 154 Å². The minimum Gasteiger partial charge on any atom is -0.462 e. The van der Waals surface area contributed by atoms with Gasteiger partial charge in [-0.1, -0.05) is 206 Å². The van der Waals surface area contributed by atoms with Gasteiger partial charge in [0.1, 0.15) is 13.2 Å². The molecule has 0 rings (SSSR count). The van der Waals surface area contributed by atoms with Crippen LogP contribution in [0.15, 0.2) is 134 Å². The maximum Gasteiger partial charge on any atom is 0.306 e. The molecule has 0 radical (unpaired) electrons. The molecule has 0 amide bonds. The molecule has 6 heteroatoms. The molecule has 0 aromatic rings. The minimum atomic E-state index is -0.830. The van der Waals surface area contributed by atoms with Gasteiger partial charge in [0.05, 0.1) is 0 Å². The van der Waals surface area contributed by atoms with Gasteiger partial charge in [0, 0.05) is 19.3 Å². The van der Waals surface area contributed by atoms with Crippen LogP contribution >= 0.6 is 0 Å². The number of hydrogen-bond acceptors (Lipinski definition) is 6. The number of carbonyl (C=O) groups is 3. The largest absolute Gasteiger partial charge is 0.462 e. The van der Waals surface area contributed by atoms with Gasteiger partial charge in [0.25, 0.3) is 0 Å². The molecule has 0 aromatic carbocycles. The van der Waals surface area contributed by atoms with Gasteiger partial charge in [0.2, 0.25) is 0 Å². The van der Waals surface area contributed by atoms with E-state index in [1.54, 1.807) is 0 Å². The van der Waals surface area contributed by atoms with Crippen molar-refractivity contribution in [2.45, 2.75) is 226 Å². The summed E-state index contributed by atoms with van der Waals surface area (Å²) >= 11 is 0. The van der Waals surface area contributed by atoms with Crippen LogP contribution in [0.3, 0.4) is 0 Å². The van der Waals surface area contributed by atoms with Crippen LogP contribution in [-0.2, 0) is 28.6 Å². The number of carbonyl (C=O) groups excluding carboxylic acids is 3. The molecule has 0 bridgehead atoms. The maximum absolute atomic E-state index is 12.8. The number of esters is 3. The first kappa shape index (κ1) is 63.5. The average Bonchev–Trinajstić information content (AvgIpc) is 3.34. The van der Waals surface area contributed by atoms with E-state index in [0.717, 1.165) is 128 Å². The normalized spacial score (nSPS) is 13.2. The van der Waals surface area contributed by atoms with Crippen LogP contribution in [0.4, 0.5) is 0 Å². The summed E-state index contributed by atoms with van der Waals surface area (Å²) in [6.45, 7) is 6.30. The Labute approximate surface area is 417 Å². The Morgan fingerprint density at radius 3 is 0.971 bits per heavy atom. The summed E-state index contributed by atoms with van der Waals surface area (Å²) in [6, 6.07) is 0. The summed E-state index contributed by atoms with van der Waals surface area (Å²) in [6.07, 6.45) is 77.3. The van der Waals surface area contributed by atoms with Crippen molar-refractivity contribution in [2.24, 2.45) is 0 Å². The fourth-order valence-corrected chi connectivity index (χ4v) is 6.85. The van der Waals surface area contributed by atoms with Crippen molar-refractivity contribution >= 4 is 17.9 Å². The summed E-state index contributed by atoms with van der Waals surface area (Å²) in [5.41, 5.74) is 0. The second-order valence-corrected chi connectivity index (χ2v) is 17.4. The predicted octanol–water partition coefficient (Wildman–Crippen LogP) is 18.3. The van der Waals surface area contributed by atoms with E-state index in [4.69, 9.17) is 14.2 Å². The molecule has 0 fully saturated rings. The molecular weight excluding hydrogens is 841 g/mol. The van der Waals surface area contributed by atoms with Crippen molar-refractivity contribution in [3.05, 3.63) is 134 Å². The molecule has 382 valence electrons. The second-order valence-electron chi connectivity index (χ2n) is 17.4.